The number of allylic oxidation sites excluding steroid dienone is 1. The third kappa shape index (κ3) is 5.22. The van der Waals surface area contributed by atoms with Crippen molar-refractivity contribution in [1.82, 2.24) is 14.9 Å². The number of nitrogens with one attached hydrogen (secondary N) is 1. The smallest absolute Gasteiger partial charge is 0.405 e. The molecule has 2 unspecified atom stereocenters. The lowest BCUT2D eigenvalue weighted by Gasteiger charge is -2.49. The Bertz CT molecular complexity index is 928. The molecule has 0 spiro atoms. The van der Waals surface area contributed by atoms with Crippen LogP contribution < -0.4 is 5.09 Å². The number of nitrogens with zero attached hydrogens (tertiary/aromatic N) is 2. The van der Waals surface area contributed by atoms with Crippen molar-refractivity contribution in [2.24, 2.45) is 0 Å². The Morgan fingerprint density at radius 2 is 1.97 bits per heavy atom. The van der Waals surface area contributed by atoms with Crippen molar-refractivity contribution in [2.45, 2.75) is 18.0 Å². The van der Waals surface area contributed by atoms with Gasteiger partial charge in [-0.05, 0) is 23.4 Å². The molecule has 31 heavy (non-hydrogen) atoms. The number of ether oxygens (including phenoxy) is 1. The lowest BCUT2D eigenvalue weighted by Crippen LogP contribution is -2.69. The van der Waals surface area contributed by atoms with Gasteiger partial charge in [-0.25, -0.2) is 14.4 Å². The van der Waals surface area contributed by atoms with Gasteiger partial charge in [-0.1, -0.05) is 30.3 Å². The van der Waals surface area contributed by atoms with Gasteiger partial charge in [0, 0.05) is 34.1 Å². The number of esters is 1. The first kappa shape index (κ1) is 23.6. The predicted molar refractivity (Wildman–Crippen MR) is 118 cm³/mol. The van der Waals surface area contributed by atoms with Crippen LogP contribution in [0.3, 0.4) is 0 Å². The average Bonchev–Trinajstić information content (AvgIpc) is 2.79. The number of fused-ring (bicyclic) bond motifs is 1. The molecule has 9 nitrogen and oxygen atoms in total. The zero-order valence-corrected chi connectivity index (χ0v) is 19.5. The Hall–Kier alpha value is -2.10. The number of hydrogen-bond acceptors (Lipinski definition) is 8. The largest absolute Gasteiger partial charge is 0.456 e. The monoisotopic (exact) mass is 467 g/mol. The highest BCUT2D eigenvalue weighted by atomic mass is 32.2. The Morgan fingerprint density at radius 1 is 1.29 bits per heavy atom. The van der Waals surface area contributed by atoms with Gasteiger partial charge in [0.2, 0.25) is 5.91 Å². The summed E-state index contributed by atoms with van der Waals surface area (Å²) in [5.74, 6) is -0.494. The van der Waals surface area contributed by atoms with Gasteiger partial charge >= 0.3 is 13.7 Å². The molecule has 1 aromatic carbocycles. The average molecular weight is 467 g/mol. The summed E-state index contributed by atoms with van der Waals surface area (Å²) < 4.78 is 27.7. The SMILES string of the molecule is COP(=O)(NC1C(=O)N2C(C(=O)OCc3ccccc3)=C(/C=C/N(C)C)CSC12)OC. The maximum absolute atomic E-state index is 13.0. The molecule has 2 aliphatic rings. The Morgan fingerprint density at radius 3 is 2.58 bits per heavy atom. The summed E-state index contributed by atoms with van der Waals surface area (Å²) in [6.07, 6.45) is 3.61. The number of carbonyl (C=O) groups is 2. The van der Waals surface area contributed by atoms with Crippen molar-refractivity contribution in [2.75, 3.05) is 34.1 Å². The van der Waals surface area contributed by atoms with Crippen LogP contribution in [0.15, 0.2) is 53.9 Å². The van der Waals surface area contributed by atoms with E-state index in [1.807, 2.05) is 55.5 Å². The van der Waals surface area contributed by atoms with Crippen LogP contribution in [-0.2, 0) is 34.5 Å². The molecule has 3 rings (SSSR count). The Balaban J connectivity index is 1.84. The highest BCUT2D eigenvalue weighted by Crippen LogP contribution is 2.48. The number of thioether (sulfide) groups is 1. The van der Waals surface area contributed by atoms with E-state index in [0.29, 0.717) is 11.3 Å². The van der Waals surface area contributed by atoms with Gasteiger partial charge in [0.15, 0.2) is 0 Å². The van der Waals surface area contributed by atoms with Crippen molar-refractivity contribution in [3.8, 4) is 0 Å². The number of benzene rings is 1. The van der Waals surface area contributed by atoms with Crippen molar-refractivity contribution in [3.05, 3.63) is 59.4 Å². The molecule has 2 heterocycles. The standard InChI is InChI=1S/C20H26N3O6PS/c1-22(2)11-10-15-13-31-19-16(21-30(26,27-3)28-4)18(24)23(19)17(15)20(25)29-12-14-8-6-5-7-9-14/h5-11,16,19H,12-13H2,1-4H3,(H,21,26)/b11-10+. The van der Waals surface area contributed by atoms with E-state index >= 15 is 0 Å². The van der Waals surface area contributed by atoms with E-state index in [9.17, 15) is 14.2 Å². The lowest BCUT2D eigenvalue weighted by molar-refractivity contribution is -0.152. The third-order valence-corrected chi connectivity index (χ3v) is 7.61. The number of amides is 1. The van der Waals surface area contributed by atoms with Crippen LogP contribution in [-0.4, -0.2) is 67.2 Å². The third-order valence-electron chi connectivity index (χ3n) is 4.76. The van der Waals surface area contributed by atoms with Crippen molar-refractivity contribution < 1.29 is 27.9 Å². The molecule has 1 aromatic rings. The molecule has 0 bridgehead atoms. The van der Waals surface area contributed by atoms with Crippen molar-refractivity contribution >= 4 is 31.4 Å². The molecule has 0 aromatic heterocycles. The first-order valence-electron chi connectivity index (χ1n) is 9.52. The highest BCUT2D eigenvalue weighted by molar-refractivity contribution is 8.00. The van der Waals surface area contributed by atoms with Crippen LogP contribution in [0, 0.1) is 0 Å². The van der Waals surface area contributed by atoms with Gasteiger partial charge in [-0.2, -0.15) is 0 Å². The van der Waals surface area contributed by atoms with Crippen LogP contribution in [0.4, 0.5) is 0 Å². The number of β-lactam (4-membered cyclic amide) rings is 1. The minimum atomic E-state index is -3.60. The maximum Gasteiger partial charge on any atom is 0.405 e. The van der Waals surface area contributed by atoms with Gasteiger partial charge in [0.1, 0.15) is 23.7 Å². The first-order chi connectivity index (χ1) is 14.8. The van der Waals surface area contributed by atoms with Crippen LogP contribution in [0.25, 0.3) is 0 Å². The minimum absolute atomic E-state index is 0.0952. The summed E-state index contributed by atoms with van der Waals surface area (Å²) in [4.78, 5) is 29.2. The van der Waals surface area contributed by atoms with Gasteiger partial charge in [0.05, 0.1) is 0 Å². The molecule has 1 fully saturated rings. The molecule has 11 heteroatoms. The zero-order valence-electron chi connectivity index (χ0n) is 17.8. The van der Waals surface area contributed by atoms with Gasteiger partial charge in [0.25, 0.3) is 0 Å². The Kier molecular flexibility index (Phi) is 7.61. The number of hydrogen-bond donors (Lipinski definition) is 1. The summed E-state index contributed by atoms with van der Waals surface area (Å²) in [7, 11) is 2.61. The minimum Gasteiger partial charge on any atom is -0.456 e. The van der Waals surface area contributed by atoms with Crippen LogP contribution in [0.1, 0.15) is 5.56 Å². The number of carbonyl (C=O) groups excluding carboxylic acids is 2. The van der Waals surface area contributed by atoms with E-state index in [1.54, 1.807) is 6.08 Å². The lowest BCUT2D eigenvalue weighted by atomic mass is 10.0. The quantitative estimate of drug-likeness (QED) is 0.333. The molecular weight excluding hydrogens is 441 g/mol. The molecule has 168 valence electrons. The fraction of sp³-hybridized carbons (Fsp3) is 0.400. The van der Waals surface area contributed by atoms with Gasteiger partial charge in [-0.15, -0.1) is 11.8 Å². The fourth-order valence-corrected chi connectivity index (χ4v) is 5.50. The summed E-state index contributed by atoms with van der Waals surface area (Å²) in [5, 5.41) is 2.23. The van der Waals surface area contributed by atoms with E-state index in [0.717, 1.165) is 5.56 Å². The van der Waals surface area contributed by atoms with Crippen LogP contribution in [0.5, 0.6) is 0 Å². The molecule has 1 amide bonds. The fourth-order valence-electron chi connectivity index (χ4n) is 3.13. The van der Waals surface area contributed by atoms with Gasteiger partial charge < -0.3 is 18.7 Å². The molecule has 1 N–H and O–H groups in total. The van der Waals surface area contributed by atoms with E-state index in [2.05, 4.69) is 5.09 Å². The van der Waals surface area contributed by atoms with Crippen molar-refractivity contribution in [1.29, 1.82) is 0 Å². The zero-order chi connectivity index (χ0) is 22.6. The van der Waals surface area contributed by atoms with Crippen LogP contribution in [0.2, 0.25) is 0 Å². The van der Waals surface area contributed by atoms with E-state index in [4.69, 9.17) is 13.8 Å². The molecular formula is C20H26N3O6PS. The normalized spacial score (nSPS) is 21.2. The molecule has 0 saturated carbocycles. The van der Waals surface area contributed by atoms with Gasteiger partial charge in [-0.3, -0.25) is 9.69 Å². The van der Waals surface area contributed by atoms with E-state index < -0.39 is 31.0 Å². The molecule has 2 aliphatic heterocycles. The molecule has 0 radical (unpaired) electrons. The van der Waals surface area contributed by atoms with E-state index in [1.165, 1.54) is 30.9 Å². The maximum atomic E-state index is 13.0. The predicted octanol–water partition coefficient (Wildman–Crippen LogP) is 2.33. The summed E-state index contributed by atoms with van der Waals surface area (Å²) >= 11 is 1.46. The summed E-state index contributed by atoms with van der Waals surface area (Å²) in [5.41, 5.74) is 1.73. The Labute approximate surface area is 186 Å². The first-order valence-corrected chi connectivity index (χ1v) is 12.1. The summed E-state index contributed by atoms with van der Waals surface area (Å²) in [6.45, 7) is 0.0952. The van der Waals surface area contributed by atoms with Crippen molar-refractivity contribution in [3.63, 3.8) is 0 Å². The second kappa shape index (κ2) is 10.0. The second-order valence-electron chi connectivity index (χ2n) is 7.09. The topological polar surface area (TPSA) is 97.4 Å². The summed E-state index contributed by atoms with van der Waals surface area (Å²) in [6, 6.07) is 8.52. The van der Waals surface area contributed by atoms with Crippen LogP contribution >= 0.6 is 19.5 Å². The molecule has 1 saturated heterocycles. The second-order valence-corrected chi connectivity index (χ2v) is 10.2. The molecule has 2 atom stereocenters. The van der Waals surface area contributed by atoms with E-state index in [-0.39, 0.29) is 12.3 Å². The number of rotatable bonds is 9. The highest BCUT2D eigenvalue weighted by Gasteiger charge is 2.55. The molecule has 0 aliphatic carbocycles.